The fourth-order valence-electron chi connectivity index (χ4n) is 0. The van der Waals surface area contributed by atoms with Crippen LogP contribution in [0.15, 0.2) is 0 Å². The third-order valence-electron chi connectivity index (χ3n) is 0. The number of halogens is 1. The zero-order valence-corrected chi connectivity index (χ0v) is 4.53. The molecule has 0 aromatic carbocycles. The fraction of sp³-hybridized carbons (Fsp3) is 1.00. The predicted molar refractivity (Wildman–Crippen MR) is 12.8 cm³/mol. The van der Waals surface area contributed by atoms with Gasteiger partial charge < -0.3 is 17.5 Å². The Morgan fingerprint density at radius 3 is 1.60 bits per heavy atom. The van der Waals surface area contributed by atoms with Gasteiger partial charge in [0.25, 0.3) is 0 Å². The van der Waals surface area contributed by atoms with Crippen molar-refractivity contribution < 1.29 is 34.6 Å². The smallest absolute Gasteiger partial charge is 1.00 e. The van der Waals surface area contributed by atoms with Crippen molar-refractivity contribution in [2.24, 2.45) is 0 Å². The summed E-state index contributed by atoms with van der Waals surface area (Å²) in [5.41, 5.74) is 0. The molecule has 0 amide bonds. The van der Waals surface area contributed by atoms with Crippen LogP contribution in [0.25, 0.3) is 0 Å². The molecule has 0 bridgehead atoms. The van der Waals surface area contributed by atoms with Crippen LogP contribution < -0.4 is 12.4 Å². The van der Waals surface area contributed by atoms with Crippen LogP contribution in [0.4, 0.5) is 0 Å². The summed E-state index contributed by atoms with van der Waals surface area (Å²) in [4.78, 5) is 0. The van der Waals surface area contributed by atoms with E-state index in [1.807, 2.05) is 0 Å². The van der Waals surface area contributed by atoms with E-state index in [1.54, 1.807) is 6.92 Å². The van der Waals surface area contributed by atoms with Crippen molar-refractivity contribution in [1.82, 2.24) is 0 Å². The van der Waals surface area contributed by atoms with Gasteiger partial charge in [0, 0.05) is 6.61 Å². The molecule has 0 saturated heterocycles. The molecule has 0 fully saturated rings. The molecule has 0 rings (SSSR count). The summed E-state index contributed by atoms with van der Waals surface area (Å²) in [7, 11) is 0. The molecule has 0 spiro atoms. The van der Waals surface area contributed by atoms with Gasteiger partial charge in [0.05, 0.1) is 0 Å². The molecule has 0 aliphatic carbocycles. The molecule has 0 radical (unpaired) electrons. The normalized spacial score (nSPS) is 3.60. The Morgan fingerprint density at radius 1 is 1.60 bits per heavy atom. The van der Waals surface area contributed by atoms with Crippen LogP contribution in [0, 0.1) is 0 Å². The van der Waals surface area contributed by atoms with Crippen molar-refractivity contribution in [2.75, 3.05) is 6.61 Å². The molecule has 5 heavy (non-hydrogen) atoms. The molecule has 0 heterocycles. The second-order valence-electron chi connectivity index (χ2n) is 0.316. The standard InChI is InChI=1S/C2H6O.ClH.Cu/c1-2-3;;/h3H,2H2,1H3;1H;/q;;+1/p-1. The quantitative estimate of drug-likeness (QED) is 0.360. The van der Waals surface area contributed by atoms with Crippen molar-refractivity contribution in [1.29, 1.82) is 0 Å². The molecule has 0 aliphatic heterocycles. The molecule has 0 saturated carbocycles. The molecular weight excluding hydrogens is 139 g/mol. The summed E-state index contributed by atoms with van der Waals surface area (Å²) in [5.74, 6) is 0. The Balaban J connectivity index is -0.0000000200. The van der Waals surface area contributed by atoms with Crippen molar-refractivity contribution in [3.05, 3.63) is 0 Å². The van der Waals surface area contributed by atoms with E-state index in [0.29, 0.717) is 0 Å². The average molecular weight is 145 g/mol. The van der Waals surface area contributed by atoms with Gasteiger partial charge in [-0.25, -0.2) is 0 Å². The van der Waals surface area contributed by atoms with Gasteiger partial charge in [-0.2, -0.15) is 0 Å². The second kappa shape index (κ2) is 21.6. The maximum absolute atomic E-state index is 7.57. The van der Waals surface area contributed by atoms with Gasteiger partial charge in [-0.1, -0.05) is 0 Å². The van der Waals surface area contributed by atoms with Crippen LogP contribution in [-0.4, -0.2) is 11.7 Å². The Morgan fingerprint density at radius 2 is 1.60 bits per heavy atom. The first-order chi connectivity index (χ1) is 1.41. The predicted octanol–water partition coefficient (Wildman–Crippen LogP) is -3.00. The number of aliphatic hydroxyl groups excluding tert-OH is 1. The molecule has 38 valence electrons. The maximum atomic E-state index is 7.57. The van der Waals surface area contributed by atoms with E-state index in [4.69, 9.17) is 5.11 Å². The van der Waals surface area contributed by atoms with Crippen LogP contribution in [0.2, 0.25) is 0 Å². The molecule has 0 aromatic heterocycles. The minimum Gasteiger partial charge on any atom is -1.00 e. The van der Waals surface area contributed by atoms with Gasteiger partial charge in [0.15, 0.2) is 0 Å². The van der Waals surface area contributed by atoms with Crippen LogP contribution in [0.5, 0.6) is 0 Å². The summed E-state index contributed by atoms with van der Waals surface area (Å²) in [6.07, 6.45) is 0. The molecule has 0 unspecified atom stereocenters. The van der Waals surface area contributed by atoms with E-state index in [1.165, 1.54) is 0 Å². The van der Waals surface area contributed by atoms with E-state index in [-0.39, 0.29) is 36.1 Å². The Hall–Kier alpha value is 0.769. The minimum absolute atomic E-state index is 0. The summed E-state index contributed by atoms with van der Waals surface area (Å²) >= 11 is 0. The SMILES string of the molecule is CCO.[Cl-].[Cu+]. The molecule has 1 nitrogen and oxygen atoms in total. The monoisotopic (exact) mass is 144 g/mol. The number of aliphatic hydroxyl groups is 1. The Labute approximate surface area is 48.6 Å². The third kappa shape index (κ3) is 61.8. The summed E-state index contributed by atoms with van der Waals surface area (Å²) in [6, 6.07) is 0. The number of hydrogen-bond acceptors (Lipinski definition) is 1. The number of hydrogen-bond donors (Lipinski definition) is 1. The van der Waals surface area contributed by atoms with Crippen molar-refractivity contribution in [3.8, 4) is 0 Å². The fourth-order valence-corrected chi connectivity index (χ4v) is 0. The maximum Gasteiger partial charge on any atom is 1.00 e. The van der Waals surface area contributed by atoms with Gasteiger partial charge in [0.2, 0.25) is 0 Å². The average Bonchev–Trinajstić information content (AvgIpc) is 0.918. The minimum atomic E-state index is 0. The largest absolute Gasteiger partial charge is 1.00 e. The first kappa shape index (κ1) is 17.1. The summed E-state index contributed by atoms with van der Waals surface area (Å²) in [5, 5.41) is 7.57. The molecule has 0 atom stereocenters. The van der Waals surface area contributed by atoms with Crippen molar-refractivity contribution in [2.45, 2.75) is 6.92 Å². The molecule has 0 aliphatic rings. The van der Waals surface area contributed by atoms with E-state index in [9.17, 15) is 0 Å². The van der Waals surface area contributed by atoms with Gasteiger partial charge in [-0.15, -0.1) is 0 Å². The van der Waals surface area contributed by atoms with Gasteiger partial charge in [-0.05, 0) is 6.92 Å². The third-order valence-corrected chi connectivity index (χ3v) is 0. The molecular formula is C2H6ClCuO. The molecule has 0 aromatic rings. The van der Waals surface area contributed by atoms with Crippen LogP contribution in [0.1, 0.15) is 6.92 Å². The zero-order valence-electron chi connectivity index (χ0n) is 2.83. The zero-order chi connectivity index (χ0) is 2.71. The summed E-state index contributed by atoms with van der Waals surface area (Å²) < 4.78 is 0. The molecule has 1 N–H and O–H groups in total. The van der Waals surface area contributed by atoms with E-state index in [2.05, 4.69) is 0 Å². The first-order valence-electron chi connectivity index (χ1n) is 1.02. The van der Waals surface area contributed by atoms with E-state index >= 15 is 0 Å². The first-order valence-corrected chi connectivity index (χ1v) is 1.02. The van der Waals surface area contributed by atoms with Crippen molar-refractivity contribution >= 4 is 0 Å². The van der Waals surface area contributed by atoms with Crippen molar-refractivity contribution in [3.63, 3.8) is 0 Å². The van der Waals surface area contributed by atoms with Crippen LogP contribution >= 0.6 is 0 Å². The molecule has 3 heteroatoms. The number of rotatable bonds is 0. The van der Waals surface area contributed by atoms with Gasteiger partial charge in [-0.3, -0.25) is 0 Å². The Bertz CT molecular complexity index is 9.61. The van der Waals surface area contributed by atoms with Crippen LogP contribution in [0.3, 0.4) is 0 Å². The van der Waals surface area contributed by atoms with Gasteiger partial charge in [0.1, 0.15) is 0 Å². The second-order valence-corrected chi connectivity index (χ2v) is 0.316. The van der Waals surface area contributed by atoms with Gasteiger partial charge >= 0.3 is 17.1 Å². The summed E-state index contributed by atoms with van der Waals surface area (Å²) in [6.45, 7) is 1.93. The Kier molecular flexibility index (Phi) is 74.1. The van der Waals surface area contributed by atoms with Crippen LogP contribution in [-0.2, 0) is 17.1 Å². The van der Waals surface area contributed by atoms with E-state index < -0.39 is 0 Å². The topological polar surface area (TPSA) is 20.2 Å². The van der Waals surface area contributed by atoms with E-state index in [0.717, 1.165) is 0 Å².